The van der Waals surface area contributed by atoms with E-state index in [0.717, 1.165) is 66.5 Å². The number of hydrogen-bond donors (Lipinski definition) is 0. The van der Waals surface area contributed by atoms with E-state index >= 15 is 0 Å². The van der Waals surface area contributed by atoms with E-state index in [9.17, 15) is 19.2 Å². The molecule has 0 aliphatic carbocycles. The standard InChI is InChI=1S/C47H49N3O10S/c1-3-43(51)56-29-15-6-5-14-28-55-38-24-22-36(23-25-38)45(53)59-39-26-27-41(60-47(54)58-31-17-8-7-16-30-57-44(52)4-2)37(32-39)33-48-50(34-35-18-10-9-11-19-35)46-49-40-20-12-13-21-42(40)61-46/h3-4,9-13,18-27,32-33H,1-2,5-8,14-17,28-31,34H2/b48-33+. The fourth-order valence-electron chi connectivity index (χ4n) is 5.70. The van der Waals surface area contributed by atoms with Crippen molar-refractivity contribution < 1.29 is 47.6 Å². The van der Waals surface area contributed by atoms with Crippen LogP contribution in [0.2, 0.25) is 0 Å². The minimum Gasteiger partial charge on any atom is -0.494 e. The van der Waals surface area contributed by atoms with Gasteiger partial charge in [0.15, 0.2) is 0 Å². The molecule has 0 spiro atoms. The number of unbranched alkanes of at least 4 members (excludes halogenated alkanes) is 6. The van der Waals surface area contributed by atoms with Gasteiger partial charge in [0.25, 0.3) is 0 Å². The molecule has 0 N–H and O–H groups in total. The van der Waals surface area contributed by atoms with E-state index in [1.165, 1.54) is 29.7 Å². The number of fused-ring (bicyclic) bond motifs is 1. The van der Waals surface area contributed by atoms with Gasteiger partial charge >= 0.3 is 24.1 Å². The number of carbonyl (C=O) groups is 4. The van der Waals surface area contributed by atoms with Crippen molar-refractivity contribution >= 4 is 57.0 Å². The highest BCUT2D eigenvalue weighted by Crippen LogP contribution is 2.31. The Morgan fingerprint density at radius 3 is 1.92 bits per heavy atom. The Kier molecular flexibility index (Phi) is 18.5. The van der Waals surface area contributed by atoms with E-state index in [0.29, 0.717) is 61.2 Å². The first kappa shape index (κ1) is 45.3. The van der Waals surface area contributed by atoms with Gasteiger partial charge < -0.3 is 28.4 Å². The van der Waals surface area contributed by atoms with Gasteiger partial charge in [0.05, 0.1) is 55.0 Å². The molecule has 5 aromatic rings. The smallest absolute Gasteiger partial charge is 0.494 e. The summed E-state index contributed by atoms with van der Waals surface area (Å²) in [5.74, 6) is -0.526. The maximum absolute atomic E-state index is 13.3. The Morgan fingerprint density at radius 2 is 1.26 bits per heavy atom. The number of ether oxygens (including phenoxy) is 6. The molecule has 0 saturated heterocycles. The molecule has 13 nitrogen and oxygen atoms in total. The van der Waals surface area contributed by atoms with Crippen LogP contribution in [-0.4, -0.2) is 61.7 Å². The minimum absolute atomic E-state index is 0.132. The summed E-state index contributed by atoms with van der Waals surface area (Å²) in [6.07, 6.45) is 9.13. The van der Waals surface area contributed by atoms with Crippen LogP contribution in [0.3, 0.4) is 0 Å². The third-order valence-corrected chi connectivity index (χ3v) is 9.93. The average Bonchev–Trinajstić information content (AvgIpc) is 3.72. The second kappa shape index (κ2) is 25.0. The predicted octanol–water partition coefficient (Wildman–Crippen LogP) is 10.0. The van der Waals surface area contributed by atoms with E-state index < -0.39 is 24.1 Å². The van der Waals surface area contributed by atoms with Crippen molar-refractivity contribution in [2.24, 2.45) is 5.10 Å². The molecule has 0 aliphatic rings. The van der Waals surface area contributed by atoms with Crippen LogP contribution >= 0.6 is 11.3 Å². The maximum Gasteiger partial charge on any atom is 0.513 e. The predicted molar refractivity (Wildman–Crippen MR) is 234 cm³/mol. The number of thiazole rings is 1. The number of benzene rings is 4. The highest BCUT2D eigenvalue weighted by Gasteiger charge is 2.17. The van der Waals surface area contributed by atoms with Gasteiger partial charge in [-0.1, -0.05) is 67.0 Å². The van der Waals surface area contributed by atoms with Crippen molar-refractivity contribution in [1.82, 2.24) is 4.98 Å². The summed E-state index contributed by atoms with van der Waals surface area (Å²) < 4.78 is 33.6. The molecule has 0 unspecified atom stereocenters. The first-order chi connectivity index (χ1) is 29.8. The molecular weight excluding hydrogens is 799 g/mol. The normalized spacial score (nSPS) is 10.8. The van der Waals surface area contributed by atoms with Crippen LogP contribution < -0.4 is 19.2 Å². The molecule has 4 aromatic carbocycles. The van der Waals surface area contributed by atoms with E-state index in [1.54, 1.807) is 35.3 Å². The van der Waals surface area contributed by atoms with Gasteiger partial charge in [0, 0.05) is 17.7 Å². The summed E-state index contributed by atoms with van der Waals surface area (Å²) in [5.41, 5.74) is 2.49. The number of rotatable bonds is 25. The molecule has 5 rings (SSSR count). The lowest BCUT2D eigenvalue weighted by atomic mass is 10.2. The van der Waals surface area contributed by atoms with Crippen molar-refractivity contribution in [3.05, 3.63) is 139 Å². The summed E-state index contributed by atoms with van der Waals surface area (Å²) in [6, 6.07) is 28.9. The first-order valence-electron chi connectivity index (χ1n) is 20.0. The first-order valence-corrected chi connectivity index (χ1v) is 20.9. The maximum atomic E-state index is 13.3. The number of hydrazone groups is 1. The number of carbonyl (C=O) groups excluding carboxylic acids is 4. The molecule has 61 heavy (non-hydrogen) atoms. The van der Waals surface area contributed by atoms with Crippen LogP contribution in [0.15, 0.2) is 127 Å². The molecule has 0 bridgehead atoms. The zero-order valence-corrected chi connectivity index (χ0v) is 34.7. The highest BCUT2D eigenvalue weighted by atomic mass is 32.1. The Hall–Kier alpha value is -6.80. The van der Waals surface area contributed by atoms with Crippen LogP contribution in [0.5, 0.6) is 17.2 Å². The number of anilines is 1. The van der Waals surface area contributed by atoms with E-state index in [1.807, 2.05) is 54.6 Å². The van der Waals surface area contributed by atoms with Gasteiger partial charge in [-0.15, -0.1) is 0 Å². The van der Waals surface area contributed by atoms with Crippen molar-refractivity contribution in [3.8, 4) is 17.2 Å². The topological polar surface area (TPSA) is 152 Å². The van der Waals surface area contributed by atoms with E-state index in [-0.39, 0.29) is 18.1 Å². The van der Waals surface area contributed by atoms with Gasteiger partial charge in [0.2, 0.25) is 5.13 Å². The summed E-state index contributed by atoms with van der Waals surface area (Å²) in [4.78, 5) is 53.3. The zero-order chi connectivity index (χ0) is 43.1. The summed E-state index contributed by atoms with van der Waals surface area (Å²) >= 11 is 1.49. The number of aromatic nitrogens is 1. The molecule has 14 heteroatoms. The fraction of sp³-hybridized carbons (Fsp3) is 0.277. The Labute approximate surface area is 359 Å². The largest absolute Gasteiger partial charge is 0.513 e. The number of esters is 3. The lowest BCUT2D eigenvalue weighted by Crippen LogP contribution is -2.16. The summed E-state index contributed by atoms with van der Waals surface area (Å²) in [7, 11) is 0. The molecule has 0 amide bonds. The van der Waals surface area contributed by atoms with Crippen LogP contribution in [0.25, 0.3) is 10.2 Å². The van der Waals surface area contributed by atoms with Gasteiger partial charge in [-0.3, -0.25) is 0 Å². The second-order valence-electron chi connectivity index (χ2n) is 13.5. The number of nitrogens with zero attached hydrogens (tertiary/aromatic N) is 3. The fourth-order valence-corrected chi connectivity index (χ4v) is 6.62. The SMILES string of the molecule is C=CC(=O)OCCCCCCOC(=O)Oc1ccc(OC(=O)c2ccc(OCCCCCCOC(=O)C=C)cc2)cc1/C=N/N(Cc1ccccc1)c1nc2ccccc2s1. The molecule has 0 radical (unpaired) electrons. The van der Waals surface area contributed by atoms with Crippen molar-refractivity contribution in [2.75, 3.05) is 31.4 Å². The molecule has 0 atom stereocenters. The third-order valence-electron chi connectivity index (χ3n) is 8.88. The molecule has 318 valence electrons. The van der Waals surface area contributed by atoms with E-state index in [4.69, 9.17) is 38.5 Å². The number of para-hydroxylation sites is 1. The lowest BCUT2D eigenvalue weighted by molar-refractivity contribution is -0.138. The molecule has 1 aromatic heterocycles. The molecule has 1 heterocycles. The van der Waals surface area contributed by atoms with Crippen molar-refractivity contribution in [1.29, 1.82) is 0 Å². The zero-order valence-electron chi connectivity index (χ0n) is 33.9. The van der Waals surface area contributed by atoms with Gasteiger partial charge in [-0.2, -0.15) is 5.10 Å². The summed E-state index contributed by atoms with van der Waals surface area (Å²) in [5, 5.41) is 7.22. The average molecular weight is 848 g/mol. The van der Waals surface area contributed by atoms with Crippen LogP contribution in [0.1, 0.15) is 72.9 Å². The molecule has 0 fully saturated rings. The lowest BCUT2D eigenvalue weighted by Gasteiger charge is -2.16. The monoisotopic (exact) mass is 847 g/mol. The van der Waals surface area contributed by atoms with E-state index in [2.05, 4.69) is 13.2 Å². The quantitative estimate of drug-likeness (QED) is 0.00803. The van der Waals surface area contributed by atoms with Crippen LogP contribution in [0.4, 0.5) is 9.93 Å². The van der Waals surface area contributed by atoms with Crippen molar-refractivity contribution in [3.63, 3.8) is 0 Å². The van der Waals surface area contributed by atoms with Crippen LogP contribution in [-0.2, 0) is 30.3 Å². The second-order valence-corrected chi connectivity index (χ2v) is 14.5. The molecule has 0 aliphatic heterocycles. The van der Waals surface area contributed by atoms with Gasteiger partial charge in [0.1, 0.15) is 17.2 Å². The van der Waals surface area contributed by atoms with Crippen LogP contribution in [0, 0.1) is 0 Å². The van der Waals surface area contributed by atoms with Gasteiger partial charge in [-0.25, -0.2) is 29.2 Å². The highest BCUT2D eigenvalue weighted by molar-refractivity contribution is 7.22. The summed E-state index contributed by atoms with van der Waals surface area (Å²) in [6.45, 7) is 8.45. The van der Waals surface area contributed by atoms with Gasteiger partial charge in [-0.05, 0) is 112 Å². The molecule has 0 saturated carbocycles. The Morgan fingerprint density at radius 1 is 0.656 bits per heavy atom. The number of hydrogen-bond acceptors (Lipinski definition) is 14. The Bertz CT molecular complexity index is 2210. The minimum atomic E-state index is -0.902. The third kappa shape index (κ3) is 15.7. The van der Waals surface area contributed by atoms with Crippen molar-refractivity contribution in [2.45, 2.75) is 57.9 Å². The molecular formula is C47H49N3O10S. The Balaban J connectivity index is 1.24.